The maximum absolute atomic E-state index is 3.49. The number of rotatable bonds is 3. The monoisotopic (exact) mass is 227 g/mol. The van der Waals surface area contributed by atoms with E-state index in [1.54, 1.807) is 4.43 Å². The van der Waals surface area contributed by atoms with Gasteiger partial charge in [-0.2, -0.15) is 0 Å². The summed E-state index contributed by atoms with van der Waals surface area (Å²) in [4.78, 5) is 0. The van der Waals surface area contributed by atoms with Gasteiger partial charge in [0, 0.05) is 0 Å². The first kappa shape index (κ1) is 6.81. The Morgan fingerprint density at radius 3 is 2.75 bits per heavy atom. The predicted octanol–water partition coefficient (Wildman–Crippen LogP) is 1.46. The van der Waals surface area contributed by atoms with Crippen molar-refractivity contribution in [3.05, 3.63) is 0 Å². The van der Waals surface area contributed by atoms with Gasteiger partial charge in [-0.15, -0.1) is 0 Å². The van der Waals surface area contributed by atoms with Crippen molar-refractivity contribution >= 4 is 19.8 Å². The van der Waals surface area contributed by atoms with E-state index in [9.17, 15) is 0 Å². The van der Waals surface area contributed by atoms with E-state index >= 15 is 0 Å². The van der Waals surface area contributed by atoms with Crippen molar-refractivity contribution < 1.29 is 0 Å². The first-order valence-electron chi connectivity index (χ1n) is 3.22. The van der Waals surface area contributed by atoms with Crippen LogP contribution in [-0.4, -0.2) is 19.4 Å². The van der Waals surface area contributed by atoms with Gasteiger partial charge < -0.3 is 0 Å². The molecular weight excluding hydrogens is 213 g/mol. The van der Waals surface area contributed by atoms with E-state index in [0.29, 0.717) is 0 Å². The van der Waals surface area contributed by atoms with Crippen LogP contribution >= 0.6 is 19.8 Å². The third-order valence-electron chi connectivity index (χ3n) is 1.37. The second kappa shape index (κ2) is 3.01. The van der Waals surface area contributed by atoms with Gasteiger partial charge in [0.25, 0.3) is 0 Å². The van der Waals surface area contributed by atoms with Crippen molar-refractivity contribution in [1.82, 2.24) is 5.32 Å². The molecule has 1 atom stereocenters. The van der Waals surface area contributed by atoms with E-state index in [2.05, 4.69) is 19.2 Å². The van der Waals surface area contributed by atoms with E-state index in [4.69, 9.17) is 0 Å². The molecule has 0 amide bonds. The average molecular weight is 227 g/mol. The van der Waals surface area contributed by atoms with Crippen molar-refractivity contribution in [2.75, 3.05) is 15.4 Å². The van der Waals surface area contributed by atoms with E-state index in [0.717, 1.165) is 4.05 Å². The number of alkyl halides is 3. The molecule has 2 heteroatoms. The number of nitrogens with one attached hydrogen (secondary N) is 1. The van der Waals surface area contributed by atoms with Crippen LogP contribution in [0.3, 0.4) is 0 Å². The van der Waals surface area contributed by atoms with Crippen LogP contribution < -0.4 is 5.32 Å². The van der Waals surface area contributed by atoms with Gasteiger partial charge in [0.2, 0.25) is 0 Å². The Bertz CT molecular complexity index is 74.9. The Balaban J connectivity index is 1.99. The van der Waals surface area contributed by atoms with E-state index < -0.39 is 0 Å². The molecule has 0 spiro atoms. The molecule has 1 fully saturated rings. The quantitative estimate of drug-likeness (QED) is 0.437. The minimum absolute atomic E-state index is 0.291. The van der Waals surface area contributed by atoms with Crippen LogP contribution in [0, 0.1) is 0 Å². The van der Waals surface area contributed by atoms with Gasteiger partial charge in [0.05, 0.1) is 0 Å². The standard InChI is InChI=1S/C6H14IN/c1-3-7-5-6(7)8-4-2/h6,8H,3-5H2,1-2H3. The minimum atomic E-state index is -0.291. The van der Waals surface area contributed by atoms with Crippen molar-refractivity contribution in [2.45, 2.75) is 17.9 Å². The van der Waals surface area contributed by atoms with Crippen molar-refractivity contribution in [3.63, 3.8) is 0 Å². The second-order valence-corrected chi connectivity index (χ2v) is 8.69. The molecule has 0 radical (unpaired) electrons. The second-order valence-electron chi connectivity index (χ2n) is 1.94. The molecule has 8 heavy (non-hydrogen) atoms. The molecule has 1 nitrogen and oxygen atoms in total. The molecule has 1 N–H and O–H groups in total. The van der Waals surface area contributed by atoms with Crippen LogP contribution in [0.15, 0.2) is 0 Å². The van der Waals surface area contributed by atoms with Gasteiger partial charge in [0.1, 0.15) is 0 Å². The van der Waals surface area contributed by atoms with Gasteiger partial charge in [0.15, 0.2) is 0 Å². The van der Waals surface area contributed by atoms with Gasteiger partial charge >= 0.3 is 58.4 Å². The Morgan fingerprint density at radius 2 is 2.38 bits per heavy atom. The molecule has 0 bridgehead atoms. The van der Waals surface area contributed by atoms with Crippen molar-refractivity contribution in [1.29, 1.82) is 0 Å². The molecule has 0 aliphatic carbocycles. The molecule has 50 valence electrons. The summed E-state index contributed by atoms with van der Waals surface area (Å²) >= 11 is -0.291. The van der Waals surface area contributed by atoms with Gasteiger partial charge in [-0.25, -0.2) is 0 Å². The number of hydrogen-bond acceptors (Lipinski definition) is 1. The Kier molecular flexibility index (Phi) is 2.56. The zero-order chi connectivity index (χ0) is 5.98. The van der Waals surface area contributed by atoms with Crippen LogP contribution in [0.25, 0.3) is 0 Å². The van der Waals surface area contributed by atoms with Crippen LogP contribution in [0.4, 0.5) is 0 Å². The molecular formula is C6H14IN. The van der Waals surface area contributed by atoms with Crippen LogP contribution in [0.2, 0.25) is 0 Å². The van der Waals surface area contributed by atoms with Gasteiger partial charge in [-0.05, 0) is 0 Å². The molecule has 0 aromatic carbocycles. The molecule has 1 unspecified atom stereocenters. The summed E-state index contributed by atoms with van der Waals surface area (Å²) in [6.45, 7) is 5.71. The molecule has 0 saturated carbocycles. The predicted molar refractivity (Wildman–Crippen MR) is 46.9 cm³/mol. The topological polar surface area (TPSA) is 12.0 Å². The molecule has 1 heterocycles. The fraction of sp³-hybridized carbons (Fsp3) is 1.00. The normalized spacial score (nSPS) is 30.8. The molecule has 1 aliphatic heterocycles. The molecule has 1 rings (SSSR count). The van der Waals surface area contributed by atoms with Crippen LogP contribution in [-0.2, 0) is 0 Å². The van der Waals surface area contributed by atoms with Gasteiger partial charge in [-0.1, -0.05) is 0 Å². The molecule has 1 aliphatic rings. The summed E-state index contributed by atoms with van der Waals surface area (Å²) < 4.78 is 4.13. The summed E-state index contributed by atoms with van der Waals surface area (Å²) in [6.07, 6.45) is 0. The maximum atomic E-state index is 3.49. The third kappa shape index (κ3) is 1.58. The zero-order valence-corrected chi connectivity index (χ0v) is 7.73. The molecule has 0 aromatic heterocycles. The average Bonchev–Trinajstić information content (AvgIpc) is 2.48. The summed E-state index contributed by atoms with van der Waals surface area (Å²) in [5.41, 5.74) is 0. The van der Waals surface area contributed by atoms with E-state index in [1.807, 2.05) is 0 Å². The Morgan fingerprint density at radius 1 is 1.62 bits per heavy atom. The summed E-state index contributed by atoms with van der Waals surface area (Å²) in [5, 5.41) is 3.49. The summed E-state index contributed by atoms with van der Waals surface area (Å²) in [7, 11) is 0. The fourth-order valence-electron chi connectivity index (χ4n) is 0.821. The summed E-state index contributed by atoms with van der Waals surface area (Å²) in [6, 6.07) is 0. The fourth-order valence-corrected chi connectivity index (χ4v) is 6.26. The first-order chi connectivity index (χ1) is 3.88. The van der Waals surface area contributed by atoms with Crippen molar-refractivity contribution in [3.8, 4) is 0 Å². The SMILES string of the molecule is CCNC1CI1CC. The molecule has 1 saturated heterocycles. The van der Waals surface area contributed by atoms with Crippen LogP contribution in [0.5, 0.6) is 0 Å². The first-order valence-corrected chi connectivity index (χ1v) is 7.51. The number of halogens is 1. The van der Waals surface area contributed by atoms with E-state index in [-0.39, 0.29) is 19.8 Å². The summed E-state index contributed by atoms with van der Waals surface area (Å²) in [5.74, 6) is 0. The van der Waals surface area contributed by atoms with Crippen molar-refractivity contribution in [2.24, 2.45) is 0 Å². The Labute approximate surface area is 58.6 Å². The molecule has 0 aromatic rings. The number of hydrogen-bond donors (Lipinski definition) is 1. The third-order valence-corrected chi connectivity index (χ3v) is 7.22. The zero-order valence-electron chi connectivity index (χ0n) is 5.58. The Hall–Kier alpha value is 0.690. The van der Waals surface area contributed by atoms with Gasteiger partial charge in [-0.3, -0.25) is 0 Å². The van der Waals surface area contributed by atoms with Crippen LogP contribution in [0.1, 0.15) is 13.8 Å². The van der Waals surface area contributed by atoms with E-state index in [1.165, 1.54) is 11.0 Å².